The summed E-state index contributed by atoms with van der Waals surface area (Å²) in [5, 5.41) is 0. The minimum Gasteiger partial charge on any atom is -0.460 e. The van der Waals surface area contributed by atoms with E-state index in [1.165, 1.54) is 6.92 Å². The molecule has 0 aliphatic carbocycles. The molecule has 2 nitrogen and oxygen atoms in total. The van der Waals surface area contributed by atoms with E-state index in [1.54, 1.807) is 6.92 Å². The summed E-state index contributed by atoms with van der Waals surface area (Å²) >= 11 is 9.69. The van der Waals surface area contributed by atoms with Crippen molar-refractivity contribution in [3.05, 3.63) is 0 Å². The van der Waals surface area contributed by atoms with Gasteiger partial charge in [0.1, 0.15) is 6.10 Å². The van der Waals surface area contributed by atoms with Crippen LogP contribution in [0.25, 0.3) is 0 Å². The van der Waals surface area contributed by atoms with Gasteiger partial charge in [-0.1, -0.05) is 47.8 Å². The van der Waals surface area contributed by atoms with Crippen LogP contribution in [0.15, 0.2) is 0 Å². The van der Waals surface area contributed by atoms with Gasteiger partial charge in [-0.3, -0.25) is 4.79 Å². The van der Waals surface area contributed by atoms with Gasteiger partial charge >= 0.3 is 5.97 Å². The lowest BCUT2D eigenvalue weighted by Gasteiger charge is -2.20. The van der Waals surface area contributed by atoms with Crippen LogP contribution in [0.2, 0.25) is 0 Å². The summed E-state index contributed by atoms with van der Waals surface area (Å²) in [5.41, 5.74) is 0. The fourth-order valence-corrected chi connectivity index (χ4v) is 0.596. The standard InChI is InChI=1S/C5H7Br3O2/c1-3(5(6,7)8)10-4(2)9/h3H,1-2H3. The van der Waals surface area contributed by atoms with Gasteiger partial charge in [0.05, 0.1) is 0 Å². The Kier molecular flexibility index (Phi) is 4.44. The quantitative estimate of drug-likeness (QED) is 0.543. The zero-order valence-corrected chi connectivity index (χ0v) is 10.3. The molecule has 0 aliphatic rings. The summed E-state index contributed by atoms with van der Waals surface area (Å²) in [6.07, 6.45) is -0.259. The van der Waals surface area contributed by atoms with Gasteiger partial charge in [0.2, 0.25) is 0 Å². The second-order valence-corrected chi connectivity index (χ2v) is 8.74. The second kappa shape index (κ2) is 4.07. The smallest absolute Gasteiger partial charge is 0.303 e. The molecule has 0 bridgehead atoms. The van der Waals surface area contributed by atoms with E-state index >= 15 is 0 Å². The molecule has 0 saturated carbocycles. The van der Waals surface area contributed by atoms with E-state index in [0.717, 1.165) is 0 Å². The van der Waals surface area contributed by atoms with Crippen LogP contribution < -0.4 is 0 Å². The number of carbonyl (C=O) groups is 1. The van der Waals surface area contributed by atoms with E-state index in [2.05, 4.69) is 47.8 Å². The molecule has 1 unspecified atom stereocenters. The van der Waals surface area contributed by atoms with Crippen molar-refractivity contribution in [3.63, 3.8) is 0 Å². The second-order valence-electron chi connectivity index (χ2n) is 1.79. The van der Waals surface area contributed by atoms with Crippen LogP contribution >= 0.6 is 47.8 Å². The largest absolute Gasteiger partial charge is 0.460 e. The van der Waals surface area contributed by atoms with Gasteiger partial charge < -0.3 is 4.74 Å². The molecule has 5 heteroatoms. The lowest BCUT2D eigenvalue weighted by Crippen LogP contribution is -2.25. The van der Waals surface area contributed by atoms with E-state index in [-0.39, 0.29) is 12.1 Å². The van der Waals surface area contributed by atoms with Crippen molar-refractivity contribution in [1.82, 2.24) is 0 Å². The molecule has 1 atom stereocenters. The van der Waals surface area contributed by atoms with Gasteiger partial charge in [0.15, 0.2) is 2.14 Å². The van der Waals surface area contributed by atoms with Crippen LogP contribution in [-0.4, -0.2) is 14.2 Å². The summed E-state index contributed by atoms with van der Waals surface area (Å²) in [4.78, 5) is 10.4. The van der Waals surface area contributed by atoms with Gasteiger partial charge in [-0.25, -0.2) is 0 Å². The van der Waals surface area contributed by atoms with Crippen LogP contribution in [0.3, 0.4) is 0 Å². The molecule has 0 aromatic carbocycles. The molecule has 60 valence electrons. The third-order valence-electron chi connectivity index (χ3n) is 0.804. The first kappa shape index (κ1) is 10.9. The summed E-state index contributed by atoms with van der Waals surface area (Å²) in [7, 11) is 0. The van der Waals surface area contributed by atoms with Gasteiger partial charge in [-0.05, 0) is 6.92 Å². The first-order valence-electron chi connectivity index (χ1n) is 2.58. The minimum atomic E-state index is -0.515. The minimum absolute atomic E-state index is 0.259. The fourth-order valence-electron chi connectivity index (χ4n) is 0.316. The molecular weight excluding hydrogens is 332 g/mol. The van der Waals surface area contributed by atoms with Gasteiger partial charge in [0.25, 0.3) is 0 Å². The number of carbonyl (C=O) groups excluding carboxylic acids is 1. The number of rotatable bonds is 1. The highest BCUT2D eigenvalue weighted by molar-refractivity contribution is 9.39. The molecule has 0 aromatic rings. The summed E-state index contributed by atoms with van der Waals surface area (Å²) < 4.78 is 4.32. The number of hydrogen-bond acceptors (Lipinski definition) is 2. The highest BCUT2D eigenvalue weighted by atomic mass is 80.0. The van der Waals surface area contributed by atoms with Crippen LogP contribution in [0.5, 0.6) is 0 Å². The van der Waals surface area contributed by atoms with Crippen molar-refractivity contribution in [3.8, 4) is 0 Å². The first-order valence-corrected chi connectivity index (χ1v) is 4.96. The molecular formula is C5H7Br3O2. The van der Waals surface area contributed by atoms with Crippen molar-refractivity contribution in [2.75, 3.05) is 0 Å². The Morgan fingerprint density at radius 2 is 1.90 bits per heavy atom. The van der Waals surface area contributed by atoms with E-state index in [4.69, 9.17) is 4.74 Å². The molecule has 0 radical (unpaired) electrons. The van der Waals surface area contributed by atoms with Gasteiger partial charge in [-0.15, -0.1) is 0 Å². The third kappa shape index (κ3) is 4.68. The molecule has 0 aromatic heterocycles. The average Bonchev–Trinajstić information content (AvgIpc) is 1.60. The topological polar surface area (TPSA) is 26.3 Å². The van der Waals surface area contributed by atoms with E-state index in [0.29, 0.717) is 0 Å². The molecule has 0 amide bonds. The van der Waals surface area contributed by atoms with Crippen molar-refractivity contribution < 1.29 is 9.53 Å². The number of alkyl halides is 3. The fraction of sp³-hybridized carbons (Fsp3) is 0.800. The maximum Gasteiger partial charge on any atom is 0.303 e. The molecule has 0 aliphatic heterocycles. The van der Waals surface area contributed by atoms with Crippen LogP contribution in [0.4, 0.5) is 0 Å². The zero-order valence-electron chi connectivity index (χ0n) is 5.53. The zero-order chi connectivity index (χ0) is 8.36. The molecule has 10 heavy (non-hydrogen) atoms. The highest BCUT2D eigenvalue weighted by Gasteiger charge is 2.28. The first-order chi connectivity index (χ1) is 4.34. The average molecular weight is 339 g/mol. The van der Waals surface area contributed by atoms with E-state index in [9.17, 15) is 4.79 Å². The highest BCUT2D eigenvalue weighted by Crippen LogP contribution is 2.38. The Bertz CT molecular complexity index is 129. The molecule has 0 saturated heterocycles. The van der Waals surface area contributed by atoms with E-state index in [1.807, 2.05) is 0 Å². The SMILES string of the molecule is CC(=O)OC(C)C(Br)(Br)Br. The Morgan fingerprint density at radius 3 is 2.00 bits per heavy atom. The lowest BCUT2D eigenvalue weighted by atomic mass is 10.5. The van der Waals surface area contributed by atoms with Crippen LogP contribution in [0, 0.1) is 0 Å². The van der Waals surface area contributed by atoms with E-state index < -0.39 is 2.14 Å². The van der Waals surface area contributed by atoms with Gasteiger partial charge in [0, 0.05) is 6.92 Å². The monoisotopic (exact) mass is 336 g/mol. The Hall–Kier alpha value is 0.910. The predicted molar refractivity (Wildman–Crippen MR) is 50.7 cm³/mol. The molecule has 0 spiro atoms. The maximum absolute atomic E-state index is 10.4. The Morgan fingerprint density at radius 1 is 1.50 bits per heavy atom. The molecule has 0 fully saturated rings. The normalized spacial score (nSPS) is 14.5. The van der Waals surface area contributed by atoms with Crippen molar-refractivity contribution in [1.29, 1.82) is 0 Å². The number of hydrogen-bond donors (Lipinski definition) is 0. The van der Waals surface area contributed by atoms with Crippen molar-refractivity contribution in [2.45, 2.75) is 22.1 Å². The lowest BCUT2D eigenvalue weighted by molar-refractivity contribution is -0.144. The number of esters is 1. The number of ether oxygens (including phenoxy) is 1. The molecule has 0 N–H and O–H groups in total. The van der Waals surface area contributed by atoms with Crippen molar-refractivity contribution in [2.24, 2.45) is 0 Å². The van der Waals surface area contributed by atoms with Crippen LogP contribution in [0.1, 0.15) is 13.8 Å². The molecule has 0 rings (SSSR count). The third-order valence-corrected chi connectivity index (χ3v) is 2.74. The van der Waals surface area contributed by atoms with Crippen molar-refractivity contribution >= 4 is 53.8 Å². The maximum atomic E-state index is 10.4. The summed E-state index contributed by atoms with van der Waals surface area (Å²) in [6, 6.07) is 0. The number of halogens is 3. The predicted octanol–water partition coefficient (Wildman–Crippen LogP) is 2.78. The Balaban J connectivity index is 3.85. The summed E-state index contributed by atoms with van der Waals surface area (Å²) in [6.45, 7) is 3.13. The summed E-state index contributed by atoms with van der Waals surface area (Å²) in [5.74, 6) is -0.296. The molecule has 0 heterocycles. The van der Waals surface area contributed by atoms with Gasteiger partial charge in [-0.2, -0.15) is 0 Å². The Labute approximate surface area is 85.1 Å². The van der Waals surface area contributed by atoms with Crippen LogP contribution in [-0.2, 0) is 9.53 Å².